The molecule has 0 aromatic heterocycles. The Morgan fingerprint density at radius 3 is 2.48 bits per heavy atom. The quantitative estimate of drug-likeness (QED) is 0.174. The van der Waals surface area contributed by atoms with Crippen LogP contribution in [-0.2, 0) is 24.5 Å². The van der Waals surface area contributed by atoms with Crippen molar-refractivity contribution in [2.75, 3.05) is 12.0 Å². The smallest absolute Gasteiger partial charge is 0.323 e. The van der Waals surface area contributed by atoms with Crippen LogP contribution in [0.3, 0.4) is 0 Å². The number of benzene rings is 1. The third-order valence-corrected chi connectivity index (χ3v) is 10.1. The van der Waals surface area contributed by atoms with Gasteiger partial charge < -0.3 is 26.4 Å². The topological polar surface area (TPSA) is 123 Å². The third-order valence-electron chi connectivity index (χ3n) is 9.65. The monoisotopic (exact) mass is 678 g/mol. The molecule has 0 radical (unpaired) electrons. The van der Waals surface area contributed by atoms with Gasteiger partial charge >= 0.3 is 5.97 Å². The number of carbonyl (C=O) groups excluding carboxylic acids is 3. The molecule has 0 bridgehead atoms. The number of esters is 1. The number of hydrogen-bond donors (Lipinski definition) is 4. The summed E-state index contributed by atoms with van der Waals surface area (Å²) in [6, 6.07) is 3.59. The molecule has 2 amide bonds. The third kappa shape index (κ3) is 7.80. The lowest BCUT2D eigenvalue weighted by molar-refractivity contribution is -0.153. The summed E-state index contributed by atoms with van der Waals surface area (Å²) in [6.45, 7) is 11.3. The number of halogens is 3. The van der Waals surface area contributed by atoms with Gasteiger partial charge in [-0.2, -0.15) is 0 Å². The first-order valence-corrected chi connectivity index (χ1v) is 17.1. The van der Waals surface area contributed by atoms with Gasteiger partial charge in [0.05, 0.1) is 11.5 Å². The summed E-state index contributed by atoms with van der Waals surface area (Å²) in [4.78, 5) is 41.0. The Labute approximate surface area is 282 Å². The SMILES string of the molecule is CC(C)[C@H](N)C(=O)OC1CCC(NC(=O)[C@@H]2N[C@H](CC(C)(C)C)[C@]3(C(=O)Nc4cc(Cl)ccc43)[C@H]2C(C)/C=C\C=C(\Cl)CF)CC1. The van der Waals surface area contributed by atoms with Crippen molar-refractivity contribution in [1.29, 1.82) is 0 Å². The van der Waals surface area contributed by atoms with Gasteiger partial charge in [0, 0.05) is 33.7 Å². The van der Waals surface area contributed by atoms with Crippen LogP contribution in [0, 0.1) is 23.2 Å². The molecule has 4 rings (SSSR count). The lowest BCUT2D eigenvalue weighted by Gasteiger charge is -2.39. The van der Waals surface area contributed by atoms with Crippen molar-refractivity contribution in [2.45, 2.75) is 109 Å². The van der Waals surface area contributed by atoms with Gasteiger partial charge in [-0.05, 0) is 73.1 Å². The van der Waals surface area contributed by atoms with Gasteiger partial charge in [-0.1, -0.05) is 83.0 Å². The standard InChI is InChI=1S/C35H49Cl2FN4O4/c1-19(2)29(39)32(44)46-24-13-11-23(12-14-24)40-31(43)30-28(20(3)8-7-9-22(37)18-38)35(27(42-30)17-34(4,5)6)25-15-10-21(36)16-26(25)41-33(35)45/h7-10,15-16,19-20,23-24,27-30,42H,11-14,17-18,39H2,1-6H3,(H,40,43)(H,41,45)/b8-7-,22-9+/t20?,23?,24?,27-,28+,29+,30-,35+/m1/s1. The molecule has 2 aliphatic heterocycles. The highest BCUT2D eigenvalue weighted by Crippen LogP contribution is 2.55. The Morgan fingerprint density at radius 2 is 1.87 bits per heavy atom. The largest absolute Gasteiger partial charge is 0.461 e. The van der Waals surface area contributed by atoms with Crippen molar-refractivity contribution < 1.29 is 23.5 Å². The highest BCUT2D eigenvalue weighted by Gasteiger charge is 2.66. The summed E-state index contributed by atoms with van der Waals surface area (Å²) in [5.41, 5.74) is 6.18. The van der Waals surface area contributed by atoms with E-state index in [4.69, 9.17) is 33.7 Å². The zero-order valence-corrected chi connectivity index (χ0v) is 29.2. The number of fused-ring (bicyclic) bond motifs is 2. The minimum absolute atomic E-state index is 0.0137. The second-order valence-corrected chi connectivity index (χ2v) is 15.6. The van der Waals surface area contributed by atoms with Crippen LogP contribution in [0.15, 0.2) is 41.5 Å². The molecular formula is C35H49Cl2FN4O4. The molecule has 1 spiro atoms. The number of nitrogens with one attached hydrogen (secondary N) is 3. The summed E-state index contributed by atoms with van der Waals surface area (Å²) in [6.07, 6.45) is 8.01. The Kier molecular flexibility index (Phi) is 11.7. The van der Waals surface area contributed by atoms with Gasteiger partial charge in [0.1, 0.15) is 18.8 Å². The van der Waals surface area contributed by atoms with E-state index >= 15 is 0 Å². The Morgan fingerprint density at radius 1 is 1.20 bits per heavy atom. The highest BCUT2D eigenvalue weighted by molar-refractivity contribution is 6.31. The zero-order chi connectivity index (χ0) is 34.0. The van der Waals surface area contributed by atoms with Crippen LogP contribution < -0.4 is 21.7 Å². The highest BCUT2D eigenvalue weighted by atomic mass is 35.5. The van der Waals surface area contributed by atoms with E-state index in [-0.39, 0.29) is 52.3 Å². The van der Waals surface area contributed by atoms with E-state index in [1.165, 1.54) is 6.08 Å². The van der Waals surface area contributed by atoms with Crippen LogP contribution in [0.2, 0.25) is 5.02 Å². The van der Waals surface area contributed by atoms with Crippen molar-refractivity contribution in [1.82, 2.24) is 10.6 Å². The predicted octanol–water partition coefficient (Wildman–Crippen LogP) is 6.16. The van der Waals surface area contributed by atoms with Gasteiger partial charge in [0.15, 0.2) is 0 Å². The molecule has 1 aromatic rings. The van der Waals surface area contributed by atoms with Crippen LogP contribution in [0.25, 0.3) is 0 Å². The predicted molar refractivity (Wildman–Crippen MR) is 181 cm³/mol. The van der Waals surface area contributed by atoms with Gasteiger partial charge in [-0.25, -0.2) is 4.39 Å². The fourth-order valence-corrected chi connectivity index (χ4v) is 7.62. The average Bonchev–Trinajstić information content (AvgIpc) is 3.46. The first-order chi connectivity index (χ1) is 21.6. The van der Waals surface area contributed by atoms with Gasteiger partial charge in [0.2, 0.25) is 11.8 Å². The van der Waals surface area contributed by atoms with E-state index in [1.807, 2.05) is 32.9 Å². The van der Waals surface area contributed by atoms with Crippen LogP contribution in [-0.4, -0.2) is 54.7 Å². The lowest BCUT2D eigenvalue weighted by atomic mass is 9.61. The number of hydrogen-bond acceptors (Lipinski definition) is 6. The van der Waals surface area contributed by atoms with Crippen molar-refractivity contribution in [3.8, 4) is 0 Å². The Hall–Kier alpha value is -2.46. The maximum absolute atomic E-state index is 14.3. The average molecular weight is 680 g/mol. The van der Waals surface area contributed by atoms with Crippen molar-refractivity contribution in [2.24, 2.45) is 28.9 Å². The molecule has 1 saturated heterocycles. The molecule has 46 heavy (non-hydrogen) atoms. The Bertz CT molecular complexity index is 1350. The molecule has 3 aliphatic rings. The van der Waals surface area contributed by atoms with Crippen LogP contribution in [0.1, 0.15) is 79.2 Å². The number of anilines is 1. The maximum Gasteiger partial charge on any atom is 0.323 e. The fourth-order valence-electron chi connectivity index (χ4n) is 7.37. The number of ether oxygens (including phenoxy) is 1. The molecule has 11 heteroatoms. The summed E-state index contributed by atoms with van der Waals surface area (Å²) in [7, 11) is 0. The van der Waals surface area contributed by atoms with E-state index in [1.54, 1.807) is 18.2 Å². The van der Waals surface area contributed by atoms with Gasteiger partial charge in [0.25, 0.3) is 0 Å². The van der Waals surface area contributed by atoms with E-state index < -0.39 is 36.1 Å². The molecular weight excluding hydrogens is 630 g/mol. The summed E-state index contributed by atoms with van der Waals surface area (Å²) < 4.78 is 18.7. The minimum Gasteiger partial charge on any atom is -0.461 e. The van der Waals surface area contributed by atoms with Gasteiger partial charge in [-0.3, -0.25) is 14.4 Å². The molecule has 2 fully saturated rings. The fraction of sp³-hybridized carbons (Fsp3) is 0.629. The molecule has 6 atom stereocenters. The molecule has 1 aromatic carbocycles. The van der Waals surface area contributed by atoms with E-state index in [2.05, 4.69) is 36.7 Å². The van der Waals surface area contributed by atoms with Crippen LogP contribution in [0.4, 0.5) is 10.1 Å². The zero-order valence-electron chi connectivity index (χ0n) is 27.7. The first-order valence-electron chi connectivity index (χ1n) is 16.3. The molecule has 1 saturated carbocycles. The summed E-state index contributed by atoms with van der Waals surface area (Å²) in [5.74, 6) is -1.55. The van der Waals surface area contributed by atoms with Crippen molar-refractivity contribution in [3.63, 3.8) is 0 Å². The van der Waals surface area contributed by atoms with Crippen LogP contribution >= 0.6 is 23.2 Å². The van der Waals surface area contributed by atoms with Gasteiger partial charge in [-0.15, -0.1) is 0 Å². The van der Waals surface area contributed by atoms with Crippen molar-refractivity contribution >= 4 is 46.7 Å². The number of alkyl halides is 1. The summed E-state index contributed by atoms with van der Waals surface area (Å²) >= 11 is 12.3. The summed E-state index contributed by atoms with van der Waals surface area (Å²) in [5, 5.41) is 10.5. The number of allylic oxidation sites excluding steroid dienone is 4. The number of carbonyl (C=O) groups is 3. The second-order valence-electron chi connectivity index (χ2n) is 14.7. The maximum atomic E-state index is 14.3. The second kappa shape index (κ2) is 14.8. The Balaban J connectivity index is 1.64. The molecule has 254 valence electrons. The number of rotatable bonds is 10. The molecule has 1 aliphatic carbocycles. The van der Waals surface area contributed by atoms with E-state index in [0.29, 0.717) is 42.8 Å². The molecule has 5 N–H and O–H groups in total. The first kappa shape index (κ1) is 36.4. The number of nitrogens with two attached hydrogens (primary N) is 1. The molecule has 1 unspecified atom stereocenters. The molecule has 2 heterocycles. The minimum atomic E-state index is -1.08. The normalized spacial score (nSPS) is 29.6. The van der Waals surface area contributed by atoms with Crippen LogP contribution in [0.5, 0.6) is 0 Å². The number of amides is 2. The lowest BCUT2D eigenvalue weighted by Crippen LogP contribution is -2.52. The van der Waals surface area contributed by atoms with Crippen molar-refractivity contribution in [3.05, 3.63) is 52.0 Å². The van der Waals surface area contributed by atoms with E-state index in [0.717, 1.165) is 5.56 Å². The van der Waals surface area contributed by atoms with E-state index in [9.17, 15) is 18.8 Å². The molecule has 8 nitrogen and oxygen atoms in total.